The zero-order valence-electron chi connectivity index (χ0n) is 14.6. The number of hydrogen-bond donors (Lipinski definition) is 0. The molecule has 0 saturated heterocycles. The molecule has 0 heterocycles. The Morgan fingerprint density at radius 3 is 1.64 bits per heavy atom. The van der Waals surface area contributed by atoms with E-state index in [0.29, 0.717) is 6.29 Å². The minimum Gasteiger partial charge on any atom is -0.312 e. The van der Waals surface area contributed by atoms with E-state index in [1.807, 2.05) is 66.7 Å². The van der Waals surface area contributed by atoms with E-state index in [1.165, 1.54) is 5.56 Å². The van der Waals surface area contributed by atoms with Gasteiger partial charge in [0.1, 0.15) is 0 Å². The fourth-order valence-corrected chi connectivity index (χ4v) is 5.78. The van der Waals surface area contributed by atoms with Crippen molar-refractivity contribution in [3.8, 4) is 0 Å². The quantitative estimate of drug-likeness (QED) is 0.598. The highest BCUT2D eigenvalue weighted by Crippen LogP contribution is 2.43. The van der Waals surface area contributed by atoms with Gasteiger partial charge in [0, 0.05) is 17.2 Å². The minimum atomic E-state index is -2.68. The molecule has 0 aliphatic carbocycles. The zero-order chi connectivity index (χ0) is 17.5. The lowest BCUT2D eigenvalue weighted by molar-refractivity contribution is 0.388. The van der Waals surface area contributed by atoms with E-state index in [-0.39, 0.29) is 0 Å². The van der Waals surface area contributed by atoms with Gasteiger partial charge in [0.25, 0.3) is 0 Å². The largest absolute Gasteiger partial charge is 0.312 e. The van der Waals surface area contributed by atoms with Gasteiger partial charge < -0.3 is 4.57 Å². The van der Waals surface area contributed by atoms with Crippen LogP contribution in [0.25, 0.3) is 0 Å². The van der Waals surface area contributed by atoms with E-state index >= 15 is 0 Å². The van der Waals surface area contributed by atoms with Gasteiger partial charge in [0.05, 0.1) is 6.29 Å². The molecule has 0 atom stereocenters. The molecule has 0 radical (unpaired) electrons. The Bertz CT molecular complexity index is 775. The number of likely N-dealkylation sites (N-methyl/N-ethyl adjacent to an activating group) is 1. The third-order valence-corrected chi connectivity index (χ3v) is 7.56. The Balaban J connectivity index is 1.80. The zero-order valence-corrected chi connectivity index (χ0v) is 15.5. The molecule has 0 spiro atoms. The smallest absolute Gasteiger partial charge is 0.156 e. The first kappa shape index (κ1) is 17.7. The predicted octanol–water partition coefficient (Wildman–Crippen LogP) is 4.13. The maximum atomic E-state index is 14.0. The normalized spacial score (nSPS) is 11.6. The first-order chi connectivity index (χ1) is 12.2. The van der Waals surface area contributed by atoms with E-state index in [1.54, 1.807) is 0 Å². The van der Waals surface area contributed by atoms with Gasteiger partial charge in [-0.1, -0.05) is 91.0 Å². The van der Waals surface area contributed by atoms with Gasteiger partial charge in [0.2, 0.25) is 0 Å². The fourth-order valence-electron chi connectivity index (χ4n) is 3.03. The molecule has 3 aromatic carbocycles. The molecule has 0 amide bonds. The molecule has 0 aromatic heterocycles. The maximum Gasteiger partial charge on any atom is 0.156 e. The van der Waals surface area contributed by atoms with Crippen LogP contribution in [-0.2, 0) is 11.0 Å². The Kier molecular flexibility index (Phi) is 5.86. The van der Waals surface area contributed by atoms with Gasteiger partial charge >= 0.3 is 0 Å². The average molecular weight is 349 g/mol. The van der Waals surface area contributed by atoms with Gasteiger partial charge in [-0.15, -0.1) is 0 Å². The van der Waals surface area contributed by atoms with Crippen molar-refractivity contribution in [2.45, 2.75) is 6.42 Å². The summed E-state index contributed by atoms with van der Waals surface area (Å²) in [5.74, 6) is 0. The average Bonchev–Trinajstić information content (AvgIpc) is 2.68. The van der Waals surface area contributed by atoms with E-state index in [0.717, 1.165) is 23.6 Å². The molecule has 128 valence electrons. The van der Waals surface area contributed by atoms with Gasteiger partial charge in [-0.05, 0) is 19.0 Å². The molecule has 0 bridgehead atoms. The molecule has 0 fully saturated rings. The molecule has 0 saturated carbocycles. The van der Waals surface area contributed by atoms with Crippen LogP contribution in [0.4, 0.5) is 0 Å². The van der Waals surface area contributed by atoms with Crippen molar-refractivity contribution in [3.05, 3.63) is 96.6 Å². The summed E-state index contributed by atoms with van der Waals surface area (Å²) in [6.45, 7) is 0.883. The lowest BCUT2D eigenvalue weighted by Crippen LogP contribution is -2.29. The first-order valence-electron chi connectivity index (χ1n) is 8.61. The molecule has 0 aliphatic rings. The van der Waals surface area contributed by atoms with Crippen LogP contribution in [0.5, 0.6) is 0 Å². The Morgan fingerprint density at radius 2 is 1.16 bits per heavy atom. The van der Waals surface area contributed by atoms with E-state index in [2.05, 4.69) is 36.2 Å². The van der Waals surface area contributed by atoms with Crippen molar-refractivity contribution in [2.75, 3.05) is 19.9 Å². The molecule has 25 heavy (non-hydrogen) atoms. The second-order valence-corrected chi connectivity index (χ2v) is 9.16. The Labute approximate surface area is 150 Å². The molecule has 0 N–H and O–H groups in total. The molecular formula is C22H24NOP. The van der Waals surface area contributed by atoms with Crippen LogP contribution in [0, 0.1) is 0 Å². The van der Waals surface area contributed by atoms with Crippen molar-refractivity contribution in [3.63, 3.8) is 0 Å². The van der Waals surface area contributed by atoms with E-state index < -0.39 is 7.14 Å². The molecular weight excluding hydrogens is 325 g/mol. The third kappa shape index (κ3) is 4.48. The van der Waals surface area contributed by atoms with Crippen molar-refractivity contribution >= 4 is 17.8 Å². The second kappa shape index (κ2) is 8.29. The SMILES string of the molecule is CN(CCc1ccccc1)CP(=O)(c1ccccc1)c1ccccc1. The van der Waals surface area contributed by atoms with Crippen LogP contribution in [0.3, 0.4) is 0 Å². The Hall–Kier alpha value is -2.15. The van der Waals surface area contributed by atoms with Crippen LogP contribution >= 0.6 is 7.14 Å². The minimum absolute atomic E-state index is 0.549. The molecule has 0 aliphatic heterocycles. The molecule has 0 unspecified atom stereocenters. The van der Waals surface area contributed by atoms with Crippen molar-refractivity contribution in [1.82, 2.24) is 4.90 Å². The standard InChI is InChI=1S/C22H24NOP/c1-23(18-17-20-11-5-2-6-12-20)19-25(24,21-13-7-3-8-14-21)22-15-9-4-10-16-22/h2-16H,17-19H2,1H3. The summed E-state index contributed by atoms with van der Waals surface area (Å²) in [7, 11) is -0.619. The number of hydrogen-bond acceptors (Lipinski definition) is 2. The van der Waals surface area contributed by atoms with Gasteiger partial charge in [-0.3, -0.25) is 4.90 Å². The molecule has 3 aromatic rings. The highest BCUT2D eigenvalue weighted by Gasteiger charge is 2.28. The topological polar surface area (TPSA) is 20.3 Å². The summed E-state index contributed by atoms with van der Waals surface area (Å²) >= 11 is 0. The third-order valence-electron chi connectivity index (χ3n) is 4.41. The number of nitrogens with zero attached hydrogens (tertiary/aromatic N) is 1. The second-order valence-electron chi connectivity index (χ2n) is 6.37. The number of benzene rings is 3. The summed E-state index contributed by atoms with van der Waals surface area (Å²) in [5.41, 5.74) is 1.31. The number of rotatable bonds is 7. The van der Waals surface area contributed by atoms with Gasteiger partial charge in [0.15, 0.2) is 7.14 Å². The maximum absolute atomic E-state index is 14.0. The van der Waals surface area contributed by atoms with Crippen LogP contribution in [-0.4, -0.2) is 24.8 Å². The molecule has 3 rings (SSSR count). The summed E-state index contributed by atoms with van der Waals surface area (Å²) in [5, 5.41) is 1.85. The van der Waals surface area contributed by atoms with Crippen molar-refractivity contribution in [1.29, 1.82) is 0 Å². The van der Waals surface area contributed by atoms with Gasteiger partial charge in [-0.2, -0.15) is 0 Å². The van der Waals surface area contributed by atoms with Crippen LogP contribution in [0.1, 0.15) is 5.56 Å². The van der Waals surface area contributed by atoms with E-state index in [4.69, 9.17) is 0 Å². The monoisotopic (exact) mass is 349 g/mol. The summed E-state index contributed by atoms with van der Waals surface area (Å²) in [6.07, 6.45) is 1.51. The van der Waals surface area contributed by atoms with Crippen molar-refractivity contribution < 1.29 is 4.57 Å². The fraction of sp³-hybridized carbons (Fsp3) is 0.182. The highest BCUT2D eigenvalue weighted by molar-refractivity contribution is 7.78. The van der Waals surface area contributed by atoms with Gasteiger partial charge in [-0.25, -0.2) is 0 Å². The molecule has 2 nitrogen and oxygen atoms in total. The van der Waals surface area contributed by atoms with Crippen molar-refractivity contribution in [2.24, 2.45) is 0 Å². The lowest BCUT2D eigenvalue weighted by Gasteiger charge is -2.25. The van der Waals surface area contributed by atoms with E-state index in [9.17, 15) is 4.57 Å². The predicted molar refractivity (Wildman–Crippen MR) is 107 cm³/mol. The first-order valence-corrected chi connectivity index (χ1v) is 10.5. The van der Waals surface area contributed by atoms with Crippen LogP contribution in [0.2, 0.25) is 0 Å². The highest BCUT2D eigenvalue weighted by atomic mass is 31.2. The summed E-state index contributed by atoms with van der Waals surface area (Å²) < 4.78 is 14.0. The molecule has 3 heteroatoms. The summed E-state index contributed by atoms with van der Waals surface area (Å²) in [4.78, 5) is 2.19. The van der Waals surface area contributed by atoms with Crippen LogP contribution in [0.15, 0.2) is 91.0 Å². The summed E-state index contributed by atoms with van der Waals surface area (Å²) in [6, 6.07) is 30.2. The Morgan fingerprint density at radius 1 is 0.720 bits per heavy atom. The van der Waals surface area contributed by atoms with Crippen LogP contribution < -0.4 is 10.6 Å². The lowest BCUT2D eigenvalue weighted by atomic mass is 10.1.